The number of benzene rings is 2. The van der Waals surface area contributed by atoms with Crippen LogP contribution in [0.4, 0.5) is 0 Å². The largest absolute Gasteiger partial charge is 0.456 e. The molecule has 0 fully saturated rings. The lowest BCUT2D eigenvalue weighted by Crippen LogP contribution is -2.25. The van der Waals surface area contributed by atoms with E-state index in [0.717, 1.165) is 16.2 Å². The molecule has 0 saturated carbocycles. The van der Waals surface area contributed by atoms with Crippen LogP contribution in [-0.4, -0.2) is 0 Å². The number of rotatable bonds is 0. The lowest BCUT2D eigenvalue weighted by atomic mass is 9.74. The van der Waals surface area contributed by atoms with E-state index in [9.17, 15) is 0 Å². The second kappa shape index (κ2) is 4.30. The molecule has 0 saturated heterocycles. The monoisotopic (exact) mass is 320 g/mol. The number of para-hydroxylation sites is 1. The molecular formula is C21H17ClO. The van der Waals surface area contributed by atoms with Crippen LogP contribution in [0.25, 0.3) is 21.9 Å². The highest BCUT2D eigenvalue weighted by Crippen LogP contribution is 2.56. The lowest BCUT2D eigenvalue weighted by molar-refractivity contribution is 0.394. The number of fused-ring (bicyclic) bond motifs is 7. The molecule has 2 aliphatic rings. The van der Waals surface area contributed by atoms with Crippen molar-refractivity contribution in [3.63, 3.8) is 0 Å². The maximum Gasteiger partial charge on any atom is 0.139 e. The van der Waals surface area contributed by atoms with Crippen molar-refractivity contribution in [1.29, 1.82) is 0 Å². The summed E-state index contributed by atoms with van der Waals surface area (Å²) in [4.78, 5) is 0. The Labute approximate surface area is 140 Å². The zero-order chi connectivity index (χ0) is 15.8. The SMILES string of the molecule is CC1(C)c2ccc3c(oc4ccccc43)c2C2C=CC(Cl)=CC21. The maximum absolute atomic E-state index is 6.29. The van der Waals surface area contributed by atoms with Gasteiger partial charge in [-0.1, -0.05) is 67.9 Å². The summed E-state index contributed by atoms with van der Waals surface area (Å²) in [5.41, 5.74) is 4.78. The zero-order valence-electron chi connectivity index (χ0n) is 13.1. The quantitative estimate of drug-likeness (QED) is 0.476. The summed E-state index contributed by atoms with van der Waals surface area (Å²) in [5, 5.41) is 3.25. The zero-order valence-corrected chi connectivity index (χ0v) is 13.9. The van der Waals surface area contributed by atoms with Crippen LogP contribution in [-0.2, 0) is 5.41 Å². The molecule has 2 atom stereocenters. The molecular weight excluding hydrogens is 304 g/mol. The molecule has 5 rings (SSSR count). The van der Waals surface area contributed by atoms with Crippen LogP contribution < -0.4 is 0 Å². The van der Waals surface area contributed by atoms with Gasteiger partial charge in [0.1, 0.15) is 11.2 Å². The Balaban J connectivity index is 1.89. The summed E-state index contributed by atoms with van der Waals surface area (Å²) in [6.45, 7) is 4.62. The van der Waals surface area contributed by atoms with Crippen LogP contribution in [0.1, 0.15) is 30.9 Å². The summed E-state index contributed by atoms with van der Waals surface area (Å²) in [5.74, 6) is 0.723. The summed E-state index contributed by atoms with van der Waals surface area (Å²) >= 11 is 6.29. The third kappa shape index (κ3) is 1.63. The van der Waals surface area contributed by atoms with E-state index in [2.05, 4.69) is 50.3 Å². The molecule has 2 aromatic carbocycles. The highest BCUT2D eigenvalue weighted by atomic mass is 35.5. The maximum atomic E-state index is 6.29. The molecule has 0 radical (unpaired) electrons. The lowest BCUT2D eigenvalue weighted by Gasteiger charge is -2.29. The fourth-order valence-electron chi connectivity index (χ4n) is 4.46. The van der Waals surface area contributed by atoms with E-state index in [1.807, 2.05) is 18.2 Å². The van der Waals surface area contributed by atoms with Crippen LogP contribution >= 0.6 is 11.6 Å². The van der Waals surface area contributed by atoms with Crippen molar-refractivity contribution in [3.8, 4) is 0 Å². The Hall–Kier alpha value is -1.99. The van der Waals surface area contributed by atoms with Gasteiger partial charge < -0.3 is 4.42 Å². The molecule has 1 heterocycles. The first-order valence-electron chi connectivity index (χ1n) is 8.07. The Morgan fingerprint density at radius 2 is 1.87 bits per heavy atom. The Kier molecular flexibility index (Phi) is 2.51. The van der Waals surface area contributed by atoms with Crippen molar-refractivity contribution in [2.75, 3.05) is 0 Å². The van der Waals surface area contributed by atoms with Gasteiger partial charge in [0, 0.05) is 27.3 Å². The van der Waals surface area contributed by atoms with Crippen molar-refractivity contribution in [2.45, 2.75) is 25.2 Å². The summed E-state index contributed by atoms with van der Waals surface area (Å²) in [7, 11) is 0. The van der Waals surface area contributed by atoms with E-state index in [-0.39, 0.29) is 5.41 Å². The normalized spacial score (nSPS) is 24.7. The Morgan fingerprint density at radius 3 is 2.74 bits per heavy atom. The van der Waals surface area contributed by atoms with Crippen molar-refractivity contribution < 1.29 is 4.42 Å². The summed E-state index contributed by atoms with van der Waals surface area (Å²) in [6, 6.07) is 12.8. The fraction of sp³-hybridized carbons (Fsp3) is 0.238. The minimum atomic E-state index is 0.0536. The molecule has 0 amide bonds. The van der Waals surface area contributed by atoms with E-state index in [4.69, 9.17) is 16.0 Å². The van der Waals surface area contributed by atoms with E-state index in [0.29, 0.717) is 11.8 Å². The standard InChI is InChI=1S/C21H17ClO/c1-21(2)16-10-9-14-13-5-3-4-6-18(13)23-20(14)19(16)15-8-7-12(22)11-17(15)21/h3-11,15,17H,1-2H3. The minimum absolute atomic E-state index is 0.0536. The van der Waals surface area contributed by atoms with Crippen molar-refractivity contribution >= 4 is 33.5 Å². The van der Waals surface area contributed by atoms with Gasteiger partial charge in [0.15, 0.2) is 0 Å². The van der Waals surface area contributed by atoms with Gasteiger partial charge in [0.2, 0.25) is 0 Å². The Morgan fingerprint density at radius 1 is 1.04 bits per heavy atom. The topological polar surface area (TPSA) is 13.1 Å². The predicted octanol–water partition coefficient (Wildman–Crippen LogP) is 6.27. The molecule has 23 heavy (non-hydrogen) atoms. The van der Waals surface area contributed by atoms with Gasteiger partial charge in [-0.05, 0) is 29.0 Å². The van der Waals surface area contributed by atoms with Crippen LogP contribution in [0.15, 0.2) is 64.1 Å². The molecule has 0 N–H and O–H groups in total. The van der Waals surface area contributed by atoms with Crippen molar-refractivity contribution in [3.05, 3.63) is 70.8 Å². The van der Waals surface area contributed by atoms with E-state index in [1.54, 1.807) is 0 Å². The molecule has 0 aliphatic heterocycles. The predicted molar refractivity (Wildman–Crippen MR) is 96.1 cm³/mol. The van der Waals surface area contributed by atoms with Crippen LogP contribution in [0.2, 0.25) is 0 Å². The van der Waals surface area contributed by atoms with Crippen LogP contribution in [0.5, 0.6) is 0 Å². The average Bonchev–Trinajstić information content (AvgIpc) is 3.02. The second-order valence-corrected chi connectivity index (χ2v) is 7.62. The molecule has 2 aliphatic carbocycles. The smallest absolute Gasteiger partial charge is 0.139 e. The van der Waals surface area contributed by atoms with Gasteiger partial charge in [-0.2, -0.15) is 0 Å². The first kappa shape index (κ1) is 13.4. The highest BCUT2D eigenvalue weighted by Gasteiger charge is 2.46. The Bertz CT molecular complexity index is 1020. The van der Waals surface area contributed by atoms with Crippen LogP contribution in [0, 0.1) is 5.92 Å². The third-order valence-corrected chi connectivity index (χ3v) is 5.89. The van der Waals surface area contributed by atoms with Gasteiger partial charge in [-0.15, -0.1) is 0 Å². The molecule has 1 aromatic heterocycles. The fourth-order valence-corrected chi connectivity index (χ4v) is 4.67. The van der Waals surface area contributed by atoms with Crippen molar-refractivity contribution in [1.82, 2.24) is 0 Å². The summed E-state index contributed by atoms with van der Waals surface area (Å²) in [6.07, 6.45) is 6.48. The van der Waals surface area contributed by atoms with Gasteiger partial charge in [0.25, 0.3) is 0 Å². The second-order valence-electron chi connectivity index (χ2n) is 7.19. The molecule has 114 valence electrons. The molecule has 0 spiro atoms. The molecule has 0 bridgehead atoms. The first-order valence-corrected chi connectivity index (χ1v) is 8.45. The number of hydrogen-bond donors (Lipinski definition) is 0. The molecule has 2 unspecified atom stereocenters. The van der Waals surface area contributed by atoms with E-state index < -0.39 is 0 Å². The van der Waals surface area contributed by atoms with E-state index >= 15 is 0 Å². The number of furan rings is 1. The molecule has 3 aromatic rings. The van der Waals surface area contributed by atoms with Gasteiger partial charge >= 0.3 is 0 Å². The molecule has 2 heteroatoms. The van der Waals surface area contributed by atoms with E-state index in [1.165, 1.54) is 21.9 Å². The third-order valence-electron chi connectivity index (χ3n) is 5.63. The van der Waals surface area contributed by atoms with Crippen molar-refractivity contribution in [2.24, 2.45) is 5.92 Å². The highest BCUT2D eigenvalue weighted by molar-refractivity contribution is 6.31. The van der Waals surface area contributed by atoms with Crippen LogP contribution in [0.3, 0.4) is 0 Å². The van der Waals surface area contributed by atoms with Gasteiger partial charge in [-0.25, -0.2) is 0 Å². The molecule has 1 nitrogen and oxygen atoms in total. The number of allylic oxidation sites excluding steroid dienone is 4. The minimum Gasteiger partial charge on any atom is -0.456 e. The van der Waals surface area contributed by atoms with Gasteiger partial charge in [0.05, 0.1) is 0 Å². The summed E-state index contributed by atoms with van der Waals surface area (Å²) < 4.78 is 6.28. The average molecular weight is 321 g/mol. The first-order chi connectivity index (χ1) is 11.1. The number of hydrogen-bond acceptors (Lipinski definition) is 1. The van der Waals surface area contributed by atoms with Gasteiger partial charge in [-0.3, -0.25) is 0 Å². The number of halogens is 1.